The zero-order valence-electron chi connectivity index (χ0n) is 16.3. The van der Waals surface area contributed by atoms with Crippen molar-refractivity contribution >= 4 is 34.3 Å². The second kappa shape index (κ2) is 9.72. The van der Waals surface area contributed by atoms with Gasteiger partial charge in [0, 0.05) is 19.3 Å². The molecule has 0 spiro atoms. The van der Waals surface area contributed by atoms with Gasteiger partial charge in [-0.1, -0.05) is 17.4 Å². The third-order valence-corrected chi connectivity index (χ3v) is 5.63. The van der Waals surface area contributed by atoms with Gasteiger partial charge in [0.15, 0.2) is 5.69 Å². The number of aromatic nitrogens is 1. The van der Waals surface area contributed by atoms with Gasteiger partial charge >= 0.3 is 0 Å². The molecule has 0 radical (unpaired) electrons. The highest BCUT2D eigenvalue weighted by atomic mass is 32.1. The third-order valence-electron chi connectivity index (χ3n) is 4.72. The van der Waals surface area contributed by atoms with Gasteiger partial charge in [0.2, 0.25) is 0 Å². The molecule has 160 valence electrons. The van der Waals surface area contributed by atoms with Crippen molar-refractivity contribution in [3.8, 4) is 10.6 Å². The van der Waals surface area contributed by atoms with Gasteiger partial charge in [0.1, 0.15) is 33.5 Å². The maximum absolute atomic E-state index is 14.0. The molecule has 0 bridgehead atoms. The van der Waals surface area contributed by atoms with Crippen LogP contribution in [-0.4, -0.2) is 55.2 Å². The number of amides is 1. The van der Waals surface area contributed by atoms with Crippen molar-refractivity contribution in [3.05, 3.63) is 35.5 Å². The molecule has 1 amide bonds. The van der Waals surface area contributed by atoms with Crippen molar-refractivity contribution in [1.82, 2.24) is 20.9 Å². The monoisotopic (exact) mass is 435 g/mol. The first kappa shape index (κ1) is 21.8. The molecular formula is C19H23F2N7OS. The Kier molecular flexibility index (Phi) is 7.06. The zero-order chi connectivity index (χ0) is 21.7. The van der Waals surface area contributed by atoms with E-state index in [1.165, 1.54) is 6.07 Å². The summed E-state index contributed by atoms with van der Waals surface area (Å²) in [4.78, 5) is 20.9. The second-order valence-corrected chi connectivity index (χ2v) is 7.75. The van der Waals surface area contributed by atoms with Crippen LogP contribution in [0, 0.1) is 17.0 Å². The average Bonchev–Trinajstić information content (AvgIpc) is 3.12. The van der Waals surface area contributed by atoms with Crippen LogP contribution in [0.2, 0.25) is 0 Å². The fraction of sp³-hybridized carbons (Fsp3) is 0.368. The van der Waals surface area contributed by atoms with Crippen LogP contribution < -0.4 is 21.7 Å². The molecule has 1 aliphatic heterocycles. The second-order valence-electron chi connectivity index (χ2n) is 6.72. The van der Waals surface area contributed by atoms with E-state index in [-0.39, 0.29) is 27.3 Å². The first-order chi connectivity index (χ1) is 14.4. The predicted octanol–water partition coefficient (Wildman–Crippen LogP) is 1.79. The van der Waals surface area contributed by atoms with E-state index in [2.05, 4.69) is 25.9 Å². The summed E-state index contributed by atoms with van der Waals surface area (Å²) in [6, 6.07) is 2.83. The quantitative estimate of drug-likeness (QED) is 0.349. The Morgan fingerprint density at radius 2 is 2.07 bits per heavy atom. The SMILES string of the molecule is CN=C(NC1CCNCC1)C(C=N)NC(=O)c1nc(-c2c(F)cccc2F)sc1N. The molecule has 6 N–H and O–H groups in total. The first-order valence-corrected chi connectivity index (χ1v) is 10.2. The Morgan fingerprint density at radius 3 is 2.67 bits per heavy atom. The maximum atomic E-state index is 14.0. The number of hydrogen-bond donors (Lipinski definition) is 5. The number of piperidine rings is 1. The van der Waals surface area contributed by atoms with Gasteiger partial charge in [0.25, 0.3) is 5.91 Å². The zero-order valence-corrected chi connectivity index (χ0v) is 17.2. The highest BCUT2D eigenvalue weighted by molar-refractivity contribution is 7.19. The number of carbonyl (C=O) groups is 1. The van der Waals surface area contributed by atoms with E-state index >= 15 is 0 Å². The van der Waals surface area contributed by atoms with Gasteiger partial charge in [-0.15, -0.1) is 0 Å². The van der Waals surface area contributed by atoms with Crippen molar-refractivity contribution in [1.29, 1.82) is 5.41 Å². The van der Waals surface area contributed by atoms with Crippen LogP contribution in [0.1, 0.15) is 23.3 Å². The van der Waals surface area contributed by atoms with Crippen molar-refractivity contribution in [2.45, 2.75) is 24.9 Å². The van der Waals surface area contributed by atoms with E-state index < -0.39 is 23.6 Å². The van der Waals surface area contributed by atoms with Gasteiger partial charge in [-0.25, -0.2) is 13.8 Å². The molecule has 11 heteroatoms. The lowest BCUT2D eigenvalue weighted by atomic mass is 10.1. The summed E-state index contributed by atoms with van der Waals surface area (Å²) in [7, 11) is 1.57. The number of nitrogens with two attached hydrogens (primary N) is 1. The minimum absolute atomic E-state index is 0.0233. The van der Waals surface area contributed by atoms with Crippen LogP contribution in [0.15, 0.2) is 23.2 Å². The number of halogens is 2. The van der Waals surface area contributed by atoms with E-state index in [1.54, 1.807) is 7.05 Å². The third kappa shape index (κ3) is 4.79. The molecule has 8 nitrogen and oxygen atoms in total. The minimum atomic E-state index is -0.813. The number of nitrogen functional groups attached to an aromatic ring is 1. The lowest BCUT2D eigenvalue weighted by molar-refractivity contribution is 0.0950. The topological polar surface area (TPSA) is 128 Å². The van der Waals surface area contributed by atoms with Crippen LogP contribution in [0.5, 0.6) is 0 Å². The Morgan fingerprint density at radius 1 is 1.40 bits per heavy atom. The standard InChI is InChI=1S/C19H23F2N7OS/c1-24-17(26-10-5-7-25-8-6-10)13(9-22)27-18(29)15-16(23)30-19(28-15)14-11(20)3-2-4-12(14)21/h2-4,9-10,13,22,25H,5-8,23H2,1H3,(H,24,26)(H,27,29). The van der Waals surface area contributed by atoms with Crippen molar-refractivity contribution in [3.63, 3.8) is 0 Å². The molecule has 1 aromatic carbocycles. The summed E-state index contributed by atoms with van der Waals surface area (Å²) in [5, 5.41) is 16.9. The fourth-order valence-electron chi connectivity index (χ4n) is 3.17. The number of nitrogens with one attached hydrogen (secondary N) is 4. The molecule has 30 heavy (non-hydrogen) atoms. The Hall–Kier alpha value is -2.92. The summed E-state index contributed by atoms with van der Waals surface area (Å²) in [5.41, 5.74) is 5.41. The summed E-state index contributed by atoms with van der Waals surface area (Å²) in [6.07, 6.45) is 2.84. The largest absolute Gasteiger partial charge is 0.389 e. The Bertz CT molecular complexity index is 936. The lowest BCUT2D eigenvalue weighted by Gasteiger charge is -2.27. The average molecular weight is 436 g/mol. The number of hydrogen-bond acceptors (Lipinski definition) is 7. The van der Waals surface area contributed by atoms with Gasteiger partial charge in [-0.05, 0) is 38.1 Å². The first-order valence-electron chi connectivity index (χ1n) is 9.40. The number of nitrogens with zero attached hydrogens (tertiary/aromatic N) is 2. The predicted molar refractivity (Wildman–Crippen MR) is 114 cm³/mol. The van der Waals surface area contributed by atoms with Gasteiger partial charge in [-0.3, -0.25) is 9.79 Å². The van der Waals surface area contributed by atoms with Gasteiger partial charge in [0.05, 0.1) is 5.56 Å². The van der Waals surface area contributed by atoms with Crippen molar-refractivity contribution in [2.24, 2.45) is 4.99 Å². The molecule has 1 aromatic heterocycles. The van der Waals surface area contributed by atoms with E-state index in [0.717, 1.165) is 55.6 Å². The van der Waals surface area contributed by atoms with E-state index in [4.69, 9.17) is 11.1 Å². The highest BCUT2D eigenvalue weighted by Gasteiger charge is 2.25. The fourth-order valence-corrected chi connectivity index (χ4v) is 4.05. The number of anilines is 1. The molecule has 3 rings (SSSR count). The van der Waals surface area contributed by atoms with Crippen LogP contribution in [-0.2, 0) is 0 Å². The van der Waals surface area contributed by atoms with Crippen LogP contribution in [0.25, 0.3) is 10.6 Å². The van der Waals surface area contributed by atoms with E-state index in [1.807, 2.05) is 0 Å². The summed E-state index contributed by atoms with van der Waals surface area (Å²) >= 11 is 0.817. The number of rotatable bonds is 6. The Labute approximate surface area is 176 Å². The summed E-state index contributed by atoms with van der Waals surface area (Å²) in [6.45, 7) is 1.75. The Balaban J connectivity index is 1.77. The molecule has 0 saturated carbocycles. The normalized spacial score (nSPS) is 16.2. The number of thiazole rings is 1. The molecule has 2 heterocycles. The summed E-state index contributed by atoms with van der Waals surface area (Å²) < 4.78 is 28.1. The highest BCUT2D eigenvalue weighted by Crippen LogP contribution is 2.33. The van der Waals surface area contributed by atoms with Crippen LogP contribution >= 0.6 is 11.3 Å². The number of aliphatic imine (C=N–C) groups is 1. The molecule has 1 aliphatic rings. The minimum Gasteiger partial charge on any atom is -0.389 e. The molecule has 1 fully saturated rings. The van der Waals surface area contributed by atoms with Crippen molar-refractivity contribution < 1.29 is 13.6 Å². The number of amidine groups is 1. The van der Waals surface area contributed by atoms with E-state index in [9.17, 15) is 13.6 Å². The van der Waals surface area contributed by atoms with Crippen LogP contribution in [0.4, 0.5) is 13.8 Å². The molecular weight excluding hydrogens is 412 g/mol. The smallest absolute Gasteiger partial charge is 0.273 e. The molecule has 1 unspecified atom stereocenters. The summed E-state index contributed by atoms with van der Waals surface area (Å²) in [5.74, 6) is -1.80. The van der Waals surface area contributed by atoms with Crippen molar-refractivity contribution in [2.75, 3.05) is 25.9 Å². The molecule has 0 aliphatic carbocycles. The molecule has 2 aromatic rings. The molecule has 1 saturated heterocycles. The maximum Gasteiger partial charge on any atom is 0.273 e. The van der Waals surface area contributed by atoms with Gasteiger partial charge in [-0.2, -0.15) is 0 Å². The lowest BCUT2D eigenvalue weighted by Crippen LogP contribution is -2.52. The number of benzene rings is 1. The number of carbonyl (C=O) groups excluding carboxylic acids is 1. The van der Waals surface area contributed by atoms with Gasteiger partial charge < -0.3 is 27.1 Å². The van der Waals surface area contributed by atoms with E-state index in [0.29, 0.717) is 5.84 Å². The molecule has 1 atom stereocenters. The van der Waals surface area contributed by atoms with Crippen LogP contribution in [0.3, 0.4) is 0 Å².